The summed E-state index contributed by atoms with van der Waals surface area (Å²) in [5, 5.41) is 12.4. The highest BCUT2D eigenvalue weighted by atomic mass is 16.5. The Bertz CT molecular complexity index is 1170. The molecule has 2 aromatic carbocycles. The molecule has 7 nitrogen and oxygen atoms in total. The number of benzene rings is 2. The standard InChI is InChI=1S/C21H20N4O3/c1-14-8-10-16(11-9-14)28-18-7-5-4-6-15(18)13-23-19-17(12-22)20(26)25(3)21(27)24(19)2/h4-11,23H,13H2,1-3H3. The third-order valence-electron chi connectivity index (χ3n) is 4.44. The van der Waals surface area contributed by atoms with Gasteiger partial charge in [-0.3, -0.25) is 13.9 Å². The molecule has 0 aliphatic carbocycles. The smallest absolute Gasteiger partial charge is 0.332 e. The van der Waals surface area contributed by atoms with Crippen molar-refractivity contribution in [3.05, 3.63) is 86.1 Å². The minimum atomic E-state index is -0.628. The van der Waals surface area contributed by atoms with Crippen molar-refractivity contribution in [2.24, 2.45) is 14.1 Å². The number of rotatable bonds is 5. The van der Waals surface area contributed by atoms with Gasteiger partial charge in [0.2, 0.25) is 0 Å². The van der Waals surface area contributed by atoms with Crippen molar-refractivity contribution in [3.8, 4) is 17.6 Å². The van der Waals surface area contributed by atoms with Gasteiger partial charge < -0.3 is 10.1 Å². The Morgan fingerprint density at radius 1 is 1.04 bits per heavy atom. The zero-order valence-electron chi connectivity index (χ0n) is 15.9. The van der Waals surface area contributed by atoms with E-state index in [9.17, 15) is 14.9 Å². The Morgan fingerprint density at radius 2 is 1.71 bits per heavy atom. The molecule has 0 spiro atoms. The molecule has 0 fully saturated rings. The van der Waals surface area contributed by atoms with Gasteiger partial charge in [0, 0.05) is 26.2 Å². The molecule has 1 N–H and O–H groups in total. The molecule has 28 heavy (non-hydrogen) atoms. The number of para-hydroxylation sites is 1. The molecule has 0 unspecified atom stereocenters. The lowest BCUT2D eigenvalue weighted by Crippen LogP contribution is -2.39. The molecule has 0 amide bonds. The van der Waals surface area contributed by atoms with Gasteiger partial charge in [-0.1, -0.05) is 35.9 Å². The van der Waals surface area contributed by atoms with E-state index in [0.29, 0.717) is 11.5 Å². The van der Waals surface area contributed by atoms with Gasteiger partial charge in [-0.25, -0.2) is 4.79 Å². The molecule has 3 rings (SSSR count). The van der Waals surface area contributed by atoms with Gasteiger partial charge >= 0.3 is 5.69 Å². The summed E-state index contributed by atoms with van der Waals surface area (Å²) in [4.78, 5) is 24.4. The lowest BCUT2D eigenvalue weighted by Gasteiger charge is -2.16. The monoisotopic (exact) mass is 376 g/mol. The maximum Gasteiger partial charge on any atom is 0.332 e. The molecule has 1 aromatic heterocycles. The molecule has 7 heteroatoms. The molecule has 0 bridgehead atoms. The van der Waals surface area contributed by atoms with E-state index >= 15 is 0 Å². The zero-order chi connectivity index (χ0) is 20.3. The Hall–Kier alpha value is -3.79. The summed E-state index contributed by atoms with van der Waals surface area (Å²) in [6, 6.07) is 17.0. The van der Waals surface area contributed by atoms with Gasteiger partial charge in [0.1, 0.15) is 23.4 Å². The number of ether oxygens (including phenoxy) is 1. The van der Waals surface area contributed by atoms with Crippen molar-refractivity contribution in [3.63, 3.8) is 0 Å². The Kier molecular flexibility index (Phi) is 5.32. The van der Waals surface area contributed by atoms with Crippen LogP contribution in [-0.4, -0.2) is 9.13 Å². The second-order valence-corrected chi connectivity index (χ2v) is 6.42. The maximum atomic E-state index is 12.2. The summed E-state index contributed by atoms with van der Waals surface area (Å²) in [7, 11) is 2.86. The van der Waals surface area contributed by atoms with Gasteiger partial charge in [-0.15, -0.1) is 0 Å². The van der Waals surface area contributed by atoms with Crippen LogP contribution in [0.1, 0.15) is 16.7 Å². The van der Waals surface area contributed by atoms with Gasteiger partial charge in [-0.2, -0.15) is 5.26 Å². The van der Waals surface area contributed by atoms with Crippen LogP contribution in [-0.2, 0) is 20.6 Å². The van der Waals surface area contributed by atoms with E-state index < -0.39 is 11.2 Å². The highest BCUT2D eigenvalue weighted by Crippen LogP contribution is 2.26. The minimum absolute atomic E-state index is 0.110. The highest BCUT2D eigenvalue weighted by Gasteiger charge is 2.15. The lowest BCUT2D eigenvalue weighted by atomic mass is 10.2. The third kappa shape index (κ3) is 3.67. The summed E-state index contributed by atoms with van der Waals surface area (Å²) in [5.41, 5.74) is 0.715. The first-order valence-corrected chi connectivity index (χ1v) is 8.68. The van der Waals surface area contributed by atoms with Crippen molar-refractivity contribution in [1.29, 1.82) is 5.26 Å². The molecule has 0 aliphatic rings. The van der Waals surface area contributed by atoms with Crippen LogP contribution in [0, 0.1) is 18.3 Å². The fourth-order valence-electron chi connectivity index (χ4n) is 2.81. The minimum Gasteiger partial charge on any atom is -0.457 e. The zero-order valence-corrected chi connectivity index (χ0v) is 15.9. The normalized spacial score (nSPS) is 10.4. The van der Waals surface area contributed by atoms with Gasteiger partial charge in [0.25, 0.3) is 5.56 Å². The van der Waals surface area contributed by atoms with Crippen LogP contribution < -0.4 is 21.3 Å². The van der Waals surface area contributed by atoms with Crippen LogP contribution in [0.25, 0.3) is 0 Å². The molecule has 0 aliphatic heterocycles. The number of aryl methyl sites for hydroxylation is 1. The molecule has 0 saturated heterocycles. The highest BCUT2D eigenvalue weighted by molar-refractivity contribution is 5.52. The van der Waals surface area contributed by atoms with Crippen molar-refractivity contribution in [2.75, 3.05) is 5.32 Å². The second-order valence-electron chi connectivity index (χ2n) is 6.42. The first-order chi connectivity index (χ1) is 13.4. The Morgan fingerprint density at radius 3 is 2.39 bits per heavy atom. The molecule has 1 heterocycles. The molecule has 0 radical (unpaired) electrons. The average molecular weight is 376 g/mol. The summed E-state index contributed by atoms with van der Waals surface area (Å²) < 4.78 is 8.14. The van der Waals surface area contributed by atoms with Crippen LogP contribution >= 0.6 is 0 Å². The predicted octanol–water partition coefficient (Wildman–Crippen LogP) is 2.67. The Labute approximate surface area is 162 Å². The van der Waals surface area contributed by atoms with Crippen LogP contribution in [0.15, 0.2) is 58.1 Å². The molecular weight excluding hydrogens is 356 g/mol. The van der Waals surface area contributed by atoms with Crippen LogP contribution in [0.4, 0.5) is 5.82 Å². The molecule has 142 valence electrons. The molecule has 3 aromatic rings. The maximum absolute atomic E-state index is 12.2. The molecule has 0 saturated carbocycles. The van der Waals surface area contributed by atoms with Crippen LogP contribution in [0.3, 0.4) is 0 Å². The number of hydrogen-bond acceptors (Lipinski definition) is 5. The van der Waals surface area contributed by atoms with E-state index in [1.807, 2.05) is 61.5 Å². The topological polar surface area (TPSA) is 89.1 Å². The van der Waals surface area contributed by atoms with Gasteiger partial charge in [0.05, 0.1) is 0 Å². The summed E-state index contributed by atoms with van der Waals surface area (Å²) in [6.07, 6.45) is 0. The SMILES string of the molecule is Cc1ccc(Oc2ccccc2CNc2c(C#N)c(=O)n(C)c(=O)n2C)cc1. The third-order valence-corrected chi connectivity index (χ3v) is 4.44. The first-order valence-electron chi connectivity index (χ1n) is 8.68. The van der Waals surface area contributed by atoms with Gasteiger partial charge in [-0.05, 0) is 25.1 Å². The fourth-order valence-corrected chi connectivity index (χ4v) is 2.81. The number of nitriles is 1. The van der Waals surface area contributed by atoms with E-state index in [1.165, 1.54) is 18.7 Å². The first kappa shape index (κ1) is 19.0. The van der Waals surface area contributed by atoms with E-state index in [4.69, 9.17) is 4.74 Å². The number of nitrogens with zero attached hydrogens (tertiary/aromatic N) is 3. The molecular formula is C21H20N4O3. The summed E-state index contributed by atoms with van der Waals surface area (Å²) >= 11 is 0. The van der Waals surface area contributed by atoms with E-state index in [2.05, 4.69) is 5.32 Å². The lowest BCUT2D eigenvalue weighted by molar-refractivity contribution is 0.477. The number of aromatic nitrogens is 2. The fraction of sp³-hybridized carbons (Fsp3) is 0.190. The average Bonchev–Trinajstić information content (AvgIpc) is 2.70. The second kappa shape index (κ2) is 7.84. The molecule has 0 atom stereocenters. The predicted molar refractivity (Wildman–Crippen MR) is 107 cm³/mol. The number of anilines is 1. The van der Waals surface area contributed by atoms with E-state index in [1.54, 1.807) is 0 Å². The number of hydrogen-bond donors (Lipinski definition) is 1. The quantitative estimate of drug-likeness (QED) is 0.739. The largest absolute Gasteiger partial charge is 0.457 e. The van der Waals surface area contributed by atoms with Crippen molar-refractivity contribution < 1.29 is 4.74 Å². The van der Waals surface area contributed by atoms with Crippen molar-refractivity contribution in [2.45, 2.75) is 13.5 Å². The summed E-state index contributed by atoms with van der Waals surface area (Å²) in [6.45, 7) is 2.28. The van der Waals surface area contributed by atoms with Crippen molar-refractivity contribution in [1.82, 2.24) is 9.13 Å². The van der Waals surface area contributed by atoms with Crippen molar-refractivity contribution >= 4 is 5.82 Å². The Balaban J connectivity index is 1.91. The van der Waals surface area contributed by atoms with Crippen LogP contribution in [0.2, 0.25) is 0 Å². The van der Waals surface area contributed by atoms with Gasteiger partial charge in [0.15, 0.2) is 5.56 Å². The van der Waals surface area contributed by atoms with E-state index in [0.717, 1.165) is 15.7 Å². The van der Waals surface area contributed by atoms with E-state index in [-0.39, 0.29) is 17.9 Å². The van der Waals surface area contributed by atoms with Crippen LogP contribution in [0.5, 0.6) is 11.5 Å². The number of nitrogens with one attached hydrogen (secondary N) is 1. The summed E-state index contributed by atoms with van der Waals surface area (Å²) in [5.74, 6) is 1.53.